The Morgan fingerprint density at radius 2 is 2.00 bits per heavy atom. The quantitative estimate of drug-likeness (QED) is 0.380. The van der Waals surface area contributed by atoms with E-state index < -0.39 is 5.41 Å². The van der Waals surface area contributed by atoms with E-state index in [1.807, 2.05) is 6.07 Å². The largest absolute Gasteiger partial charge is 0.355 e. The van der Waals surface area contributed by atoms with Gasteiger partial charge in [-0.05, 0) is 31.0 Å². The van der Waals surface area contributed by atoms with E-state index in [0.29, 0.717) is 23.6 Å². The maximum absolute atomic E-state index is 13.9. The molecule has 0 atom stereocenters. The van der Waals surface area contributed by atoms with Crippen LogP contribution in [0.25, 0.3) is 0 Å². The van der Waals surface area contributed by atoms with Gasteiger partial charge in [-0.25, -0.2) is 4.39 Å². The van der Waals surface area contributed by atoms with Crippen LogP contribution in [0.2, 0.25) is 0 Å². The average Bonchev–Trinajstić information content (AvgIpc) is 3.12. The lowest BCUT2D eigenvalue weighted by atomic mass is 9.84. The van der Waals surface area contributed by atoms with Gasteiger partial charge >= 0.3 is 0 Å². The Morgan fingerprint density at radius 3 is 2.56 bits per heavy atom. The van der Waals surface area contributed by atoms with E-state index in [1.54, 1.807) is 26.0 Å². The molecule has 0 bridgehead atoms. The second-order valence-electron chi connectivity index (χ2n) is 6.88. The number of halogens is 2. The highest BCUT2D eigenvalue weighted by molar-refractivity contribution is 14.0. The molecule has 0 aromatic heterocycles. The van der Waals surface area contributed by atoms with Crippen molar-refractivity contribution in [1.82, 2.24) is 15.5 Å². The van der Waals surface area contributed by atoms with Gasteiger partial charge in [0.05, 0.1) is 17.0 Å². The summed E-state index contributed by atoms with van der Waals surface area (Å²) in [6.07, 6.45) is 3.79. The maximum atomic E-state index is 13.9. The fraction of sp³-hybridized carbons (Fsp3) is 0.526. The number of aliphatic imine (C=N–C) groups is 1. The predicted molar refractivity (Wildman–Crippen MR) is 114 cm³/mol. The third kappa shape index (κ3) is 5.79. The van der Waals surface area contributed by atoms with Crippen molar-refractivity contribution in [2.75, 3.05) is 27.7 Å². The SMILES string of the molecule is CN=C(NCc1cc(C#N)ccc1F)NCC1(C(=O)N(C)C)CCCC1.I. The summed E-state index contributed by atoms with van der Waals surface area (Å²) in [6, 6.07) is 6.26. The Bertz CT molecular complexity index is 723. The minimum atomic E-state index is -0.410. The van der Waals surface area contributed by atoms with E-state index in [9.17, 15) is 9.18 Å². The first-order chi connectivity index (χ1) is 12.4. The van der Waals surface area contributed by atoms with Crippen LogP contribution in [0, 0.1) is 22.6 Å². The van der Waals surface area contributed by atoms with Crippen LogP contribution in [0.4, 0.5) is 4.39 Å². The highest BCUT2D eigenvalue weighted by Crippen LogP contribution is 2.38. The van der Waals surface area contributed by atoms with E-state index in [0.717, 1.165) is 25.7 Å². The van der Waals surface area contributed by atoms with Gasteiger partial charge in [-0.2, -0.15) is 5.26 Å². The van der Waals surface area contributed by atoms with Crippen molar-refractivity contribution < 1.29 is 9.18 Å². The van der Waals surface area contributed by atoms with Crippen LogP contribution in [0.3, 0.4) is 0 Å². The lowest BCUT2D eigenvalue weighted by Gasteiger charge is -2.31. The molecule has 0 saturated heterocycles. The van der Waals surface area contributed by atoms with E-state index in [-0.39, 0.29) is 42.2 Å². The molecule has 1 aliphatic carbocycles. The molecule has 2 N–H and O–H groups in total. The van der Waals surface area contributed by atoms with Gasteiger partial charge in [0, 0.05) is 39.8 Å². The normalized spacial score (nSPS) is 15.4. The number of rotatable bonds is 5. The molecule has 0 aliphatic heterocycles. The molecule has 0 radical (unpaired) electrons. The van der Waals surface area contributed by atoms with Gasteiger partial charge in [-0.1, -0.05) is 12.8 Å². The monoisotopic (exact) mass is 487 g/mol. The van der Waals surface area contributed by atoms with Crippen LogP contribution in [-0.4, -0.2) is 44.5 Å². The summed E-state index contributed by atoms with van der Waals surface area (Å²) in [5.41, 5.74) is 0.396. The first kappa shape index (κ1) is 23.1. The summed E-state index contributed by atoms with van der Waals surface area (Å²) in [5, 5.41) is 15.2. The summed E-state index contributed by atoms with van der Waals surface area (Å²) in [4.78, 5) is 18.4. The Labute approximate surface area is 177 Å². The molecule has 8 heteroatoms. The minimum absolute atomic E-state index is 0. The lowest BCUT2D eigenvalue weighted by Crippen LogP contribution is -2.49. The molecule has 0 heterocycles. The lowest BCUT2D eigenvalue weighted by molar-refractivity contribution is -0.138. The molecular weight excluding hydrogens is 460 g/mol. The zero-order valence-corrected chi connectivity index (χ0v) is 18.3. The van der Waals surface area contributed by atoms with Crippen molar-refractivity contribution in [2.24, 2.45) is 10.4 Å². The smallest absolute Gasteiger partial charge is 0.230 e. The van der Waals surface area contributed by atoms with Crippen molar-refractivity contribution >= 4 is 35.8 Å². The first-order valence-corrected chi connectivity index (χ1v) is 8.76. The van der Waals surface area contributed by atoms with Gasteiger partial charge in [0.25, 0.3) is 0 Å². The molecule has 1 saturated carbocycles. The molecule has 1 aliphatic rings. The molecule has 0 unspecified atom stereocenters. The zero-order chi connectivity index (χ0) is 19.2. The maximum Gasteiger partial charge on any atom is 0.230 e. The number of nitrogens with one attached hydrogen (secondary N) is 2. The molecule has 1 aromatic rings. The number of hydrogen-bond acceptors (Lipinski definition) is 3. The predicted octanol–water partition coefficient (Wildman–Crippen LogP) is 2.63. The Balaban J connectivity index is 0.00000364. The molecule has 6 nitrogen and oxygen atoms in total. The highest BCUT2D eigenvalue weighted by atomic mass is 127. The molecule has 1 fully saturated rings. The third-order valence-corrected chi connectivity index (χ3v) is 4.86. The number of nitrogens with zero attached hydrogens (tertiary/aromatic N) is 3. The minimum Gasteiger partial charge on any atom is -0.355 e. The van der Waals surface area contributed by atoms with Gasteiger partial charge in [-0.15, -0.1) is 24.0 Å². The summed E-state index contributed by atoms with van der Waals surface area (Å²) in [5.74, 6) is 0.261. The Morgan fingerprint density at radius 1 is 1.33 bits per heavy atom. The van der Waals surface area contributed by atoms with Crippen LogP contribution >= 0.6 is 24.0 Å². The molecule has 148 valence electrons. The number of hydrogen-bond donors (Lipinski definition) is 2. The second kappa shape index (κ2) is 10.4. The number of benzene rings is 1. The van der Waals surface area contributed by atoms with Crippen LogP contribution < -0.4 is 10.6 Å². The van der Waals surface area contributed by atoms with Gasteiger partial charge in [0.15, 0.2) is 5.96 Å². The van der Waals surface area contributed by atoms with Gasteiger partial charge < -0.3 is 15.5 Å². The third-order valence-electron chi connectivity index (χ3n) is 4.86. The van der Waals surface area contributed by atoms with Gasteiger partial charge in [-0.3, -0.25) is 9.79 Å². The summed E-state index contributed by atoms with van der Waals surface area (Å²) >= 11 is 0. The first-order valence-electron chi connectivity index (χ1n) is 8.76. The fourth-order valence-electron chi connectivity index (χ4n) is 3.42. The van der Waals surface area contributed by atoms with Crippen LogP contribution in [0.1, 0.15) is 36.8 Å². The summed E-state index contributed by atoms with van der Waals surface area (Å²) < 4.78 is 13.9. The van der Waals surface area contributed by atoms with Crippen molar-refractivity contribution in [3.63, 3.8) is 0 Å². The van der Waals surface area contributed by atoms with Crippen LogP contribution in [0.15, 0.2) is 23.2 Å². The van der Waals surface area contributed by atoms with E-state index in [4.69, 9.17) is 5.26 Å². The van der Waals surface area contributed by atoms with E-state index >= 15 is 0 Å². The standard InChI is InChI=1S/C19H26FN5O.HI/c1-22-18(23-12-15-10-14(11-21)6-7-16(15)20)24-13-19(8-4-5-9-19)17(26)25(2)3;/h6-7,10H,4-5,8-9,12-13H2,1-3H3,(H2,22,23,24);1H. The van der Waals surface area contributed by atoms with Crippen molar-refractivity contribution in [2.45, 2.75) is 32.2 Å². The van der Waals surface area contributed by atoms with Crippen LogP contribution in [-0.2, 0) is 11.3 Å². The zero-order valence-electron chi connectivity index (χ0n) is 16.0. The van der Waals surface area contributed by atoms with E-state index in [2.05, 4.69) is 15.6 Å². The molecule has 1 amide bonds. The van der Waals surface area contributed by atoms with Crippen molar-refractivity contribution in [1.29, 1.82) is 5.26 Å². The van der Waals surface area contributed by atoms with Crippen LogP contribution in [0.5, 0.6) is 0 Å². The average molecular weight is 487 g/mol. The number of guanidine groups is 1. The summed E-state index contributed by atoms with van der Waals surface area (Å²) in [7, 11) is 5.19. The number of amides is 1. The van der Waals surface area contributed by atoms with E-state index in [1.165, 1.54) is 18.2 Å². The number of carbonyl (C=O) groups excluding carboxylic acids is 1. The Kier molecular flexibility index (Phi) is 8.96. The van der Waals surface area contributed by atoms with Crippen molar-refractivity contribution in [3.8, 4) is 6.07 Å². The summed E-state index contributed by atoms with van der Waals surface area (Å²) in [6.45, 7) is 0.695. The van der Waals surface area contributed by atoms with Gasteiger partial charge in [0.1, 0.15) is 5.82 Å². The molecule has 1 aromatic carbocycles. The molecule has 27 heavy (non-hydrogen) atoms. The molecule has 2 rings (SSSR count). The van der Waals surface area contributed by atoms with Crippen molar-refractivity contribution in [3.05, 3.63) is 35.1 Å². The number of carbonyl (C=O) groups is 1. The van der Waals surface area contributed by atoms with Gasteiger partial charge in [0.2, 0.25) is 5.91 Å². The topological polar surface area (TPSA) is 80.5 Å². The second-order valence-corrected chi connectivity index (χ2v) is 6.88. The fourth-order valence-corrected chi connectivity index (χ4v) is 3.42. The molecule has 0 spiro atoms. The highest BCUT2D eigenvalue weighted by Gasteiger charge is 2.42. The Hall–Kier alpha value is -1.89. The molecular formula is C19H27FIN5O. The number of nitriles is 1.